The van der Waals surface area contributed by atoms with Gasteiger partial charge >= 0.3 is 0 Å². The quantitative estimate of drug-likeness (QED) is 0.794. The summed E-state index contributed by atoms with van der Waals surface area (Å²) in [6.45, 7) is 2.09. The maximum Gasteiger partial charge on any atom is 0.239 e. The summed E-state index contributed by atoms with van der Waals surface area (Å²) in [4.78, 5) is 14.9. The van der Waals surface area contributed by atoms with E-state index in [1.54, 1.807) is 19.4 Å². The van der Waals surface area contributed by atoms with Gasteiger partial charge in [0.1, 0.15) is 0 Å². The maximum atomic E-state index is 11.0. The standard InChI is InChI=1S/C9H12ClN3O/c1-6-7(10)3-12-4-8(6)13-5-9(14)11-2/h3-4,13H,5H2,1-2H3,(H,11,14). The number of carbonyl (C=O) groups is 1. The number of halogens is 1. The van der Waals surface area contributed by atoms with Crippen molar-refractivity contribution >= 4 is 23.2 Å². The number of anilines is 1. The van der Waals surface area contributed by atoms with Crippen molar-refractivity contribution in [2.75, 3.05) is 18.9 Å². The first-order valence-corrected chi connectivity index (χ1v) is 4.57. The van der Waals surface area contributed by atoms with Gasteiger partial charge in [0, 0.05) is 13.2 Å². The number of hydrogen-bond donors (Lipinski definition) is 2. The van der Waals surface area contributed by atoms with Crippen LogP contribution in [0.15, 0.2) is 12.4 Å². The Bertz CT molecular complexity index is 341. The second kappa shape index (κ2) is 4.81. The summed E-state index contributed by atoms with van der Waals surface area (Å²) in [6.07, 6.45) is 3.21. The smallest absolute Gasteiger partial charge is 0.239 e. The lowest BCUT2D eigenvalue weighted by atomic mass is 10.2. The predicted molar refractivity (Wildman–Crippen MR) is 56.5 cm³/mol. The normalized spacial score (nSPS) is 9.64. The zero-order valence-corrected chi connectivity index (χ0v) is 8.85. The lowest BCUT2D eigenvalue weighted by Gasteiger charge is -2.08. The summed E-state index contributed by atoms with van der Waals surface area (Å²) in [5.41, 5.74) is 1.67. The van der Waals surface area contributed by atoms with Crippen molar-refractivity contribution in [3.8, 4) is 0 Å². The van der Waals surface area contributed by atoms with E-state index in [1.165, 1.54) is 0 Å². The molecule has 0 aromatic carbocycles. The van der Waals surface area contributed by atoms with Gasteiger partial charge in [-0.3, -0.25) is 9.78 Å². The Balaban J connectivity index is 2.68. The second-order valence-electron chi connectivity index (χ2n) is 2.82. The molecule has 5 heteroatoms. The fourth-order valence-corrected chi connectivity index (χ4v) is 1.10. The molecule has 1 heterocycles. The highest BCUT2D eigenvalue weighted by atomic mass is 35.5. The number of nitrogens with one attached hydrogen (secondary N) is 2. The van der Waals surface area contributed by atoms with E-state index in [0.717, 1.165) is 11.3 Å². The third-order valence-corrected chi connectivity index (χ3v) is 2.25. The molecule has 0 bridgehead atoms. The molecule has 76 valence electrons. The summed E-state index contributed by atoms with van der Waals surface area (Å²) >= 11 is 5.86. The van der Waals surface area contributed by atoms with Crippen LogP contribution in [-0.4, -0.2) is 24.5 Å². The monoisotopic (exact) mass is 213 g/mol. The van der Waals surface area contributed by atoms with Crippen LogP contribution in [0.4, 0.5) is 5.69 Å². The summed E-state index contributed by atoms with van der Waals surface area (Å²) in [5.74, 6) is -0.0793. The van der Waals surface area contributed by atoms with E-state index in [0.29, 0.717) is 5.02 Å². The zero-order chi connectivity index (χ0) is 10.6. The van der Waals surface area contributed by atoms with Crippen LogP contribution in [0.3, 0.4) is 0 Å². The van der Waals surface area contributed by atoms with Gasteiger partial charge in [-0.2, -0.15) is 0 Å². The molecule has 0 aliphatic heterocycles. The molecule has 0 unspecified atom stereocenters. The molecule has 1 aromatic heterocycles. The molecule has 14 heavy (non-hydrogen) atoms. The highest BCUT2D eigenvalue weighted by Gasteiger charge is 2.03. The second-order valence-corrected chi connectivity index (χ2v) is 3.23. The van der Waals surface area contributed by atoms with Crippen LogP contribution in [0.5, 0.6) is 0 Å². The number of rotatable bonds is 3. The molecule has 1 amide bonds. The van der Waals surface area contributed by atoms with Crippen molar-refractivity contribution in [2.45, 2.75) is 6.92 Å². The number of pyridine rings is 1. The molecular weight excluding hydrogens is 202 g/mol. The number of nitrogens with zero attached hydrogens (tertiary/aromatic N) is 1. The fraction of sp³-hybridized carbons (Fsp3) is 0.333. The van der Waals surface area contributed by atoms with Gasteiger partial charge < -0.3 is 10.6 Å². The third kappa shape index (κ3) is 2.60. The molecule has 0 spiro atoms. The predicted octanol–water partition coefficient (Wildman–Crippen LogP) is 1.20. The van der Waals surface area contributed by atoms with E-state index in [9.17, 15) is 4.79 Å². The third-order valence-electron chi connectivity index (χ3n) is 1.87. The van der Waals surface area contributed by atoms with E-state index in [4.69, 9.17) is 11.6 Å². The van der Waals surface area contributed by atoms with Crippen LogP contribution in [0.1, 0.15) is 5.56 Å². The van der Waals surface area contributed by atoms with Crippen molar-refractivity contribution in [3.05, 3.63) is 23.0 Å². The van der Waals surface area contributed by atoms with Gasteiger partial charge in [-0.15, -0.1) is 0 Å². The Hall–Kier alpha value is -1.29. The molecule has 4 nitrogen and oxygen atoms in total. The number of carbonyl (C=O) groups excluding carboxylic acids is 1. The average Bonchev–Trinajstić information content (AvgIpc) is 2.20. The van der Waals surface area contributed by atoms with Crippen molar-refractivity contribution < 1.29 is 4.79 Å². The molecule has 0 saturated carbocycles. The zero-order valence-electron chi connectivity index (χ0n) is 8.10. The van der Waals surface area contributed by atoms with Crippen molar-refractivity contribution in [2.24, 2.45) is 0 Å². The van der Waals surface area contributed by atoms with Crippen molar-refractivity contribution in [3.63, 3.8) is 0 Å². The molecule has 0 radical (unpaired) electrons. The van der Waals surface area contributed by atoms with Crippen molar-refractivity contribution in [1.29, 1.82) is 0 Å². The molecule has 1 rings (SSSR count). The van der Waals surface area contributed by atoms with Crippen LogP contribution in [-0.2, 0) is 4.79 Å². The molecular formula is C9H12ClN3O. The van der Waals surface area contributed by atoms with E-state index in [2.05, 4.69) is 15.6 Å². The highest BCUT2D eigenvalue weighted by molar-refractivity contribution is 6.31. The van der Waals surface area contributed by atoms with E-state index in [1.807, 2.05) is 6.92 Å². The van der Waals surface area contributed by atoms with Crippen LogP contribution in [0.2, 0.25) is 5.02 Å². The number of likely N-dealkylation sites (N-methyl/N-ethyl adjacent to an activating group) is 1. The Morgan fingerprint density at radius 3 is 2.93 bits per heavy atom. The van der Waals surface area contributed by atoms with Gasteiger partial charge in [0.05, 0.1) is 23.5 Å². The minimum absolute atomic E-state index is 0.0793. The van der Waals surface area contributed by atoms with E-state index >= 15 is 0 Å². The van der Waals surface area contributed by atoms with Gasteiger partial charge in [-0.25, -0.2) is 0 Å². The first-order valence-electron chi connectivity index (χ1n) is 4.19. The average molecular weight is 214 g/mol. The van der Waals surface area contributed by atoms with Crippen LogP contribution >= 0.6 is 11.6 Å². The molecule has 0 fully saturated rings. The topological polar surface area (TPSA) is 54.0 Å². The van der Waals surface area contributed by atoms with Gasteiger partial charge in [0.25, 0.3) is 0 Å². The van der Waals surface area contributed by atoms with E-state index < -0.39 is 0 Å². The summed E-state index contributed by atoms with van der Waals surface area (Å²) in [6, 6.07) is 0. The molecule has 1 aromatic rings. The Morgan fingerprint density at radius 2 is 2.29 bits per heavy atom. The highest BCUT2D eigenvalue weighted by Crippen LogP contribution is 2.20. The van der Waals surface area contributed by atoms with Crippen LogP contribution in [0.25, 0.3) is 0 Å². The van der Waals surface area contributed by atoms with Gasteiger partial charge in [-0.1, -0.05) is 11.6 Å². The van der Waals surface area contributed by atoms with Gasteiger partial charge in [0.15, 0.2) is 0 Å². The van der Waals surface area contributed by atoms with Crippen molar-refractivity contribution in [1.82, 2.24) is 10.3 Å². The molecule has 0 aliphatic rings. The lowest BCUT2D eigenvalue weighted by Crippen LogP contribution is -2.26. The molecule has 0 aliphatic carbocycles. The Labute approximate surface area is 87.7 Å². The van der Waals surface area contributed by atoms with Gasteiger partial charge in [0.2, 0.25) is 5.91 Å². The largest absolute Gasteiger partial charge is 0.375 e. The number of hydrogen-bond acceptors (Lipinski definition) is 3. The number of amides is 1. The molecule has 2 N–H and O–H groups in total. The minimum Gasteiger partial charge on any atom is -0.375 e. The maximum absolute atomic E-state index is 11.0. The summed E-state index contributed by atoms with van der Waals surface area (Å²) in [5, 5.41) is 6.05. The number of aromatic nitrogens is 1. The first kappa shape index (κ1) is 10.8. The Kier molecular flexibility index (Phi) is 3.71. The van der Waals surface area contributed by atoms with E-state index in [-0.39, 0.29) is 12.5 Å². The minimum atomic E-state index is -0.0793. The van der Waals surface area contributed by atoms with Crippen LogP contribution in [0, 0.1) is 6.92 Å². The van der Waals surface area contributed by atoms with Crippen LogP contribution < -0.4 is 10.6 Å². The first-order chi connectivity index (χ1) is 6.65. The molecule has 0 atom stereocenters. The lowest BCUT2D eigenvalue weighted by molar-refractivity contribution is -0.118. The summed E-state index contributed by atoms with van der Waals surface area (Å²) in [7, 11) is 1.59. The molecule has 0 saturated heterocycles. The Morgan fingerprint density at radius 1 is 1.57 bits per heavy atom. The summed E-state index contributed by atoms with van der Waals surface area (Å²) < 4.78 is 0. The van der Waals surface area contributed by atoms with Gasteiger partial charge in [-0.05, 0) is 12.5 Å². The fourth-order valence-electron chi connectivity index (χ4n) is 0.942. The SMILES string of the molecule is CNC(=O)CNc1cncc(Cl)c1C.